The predicted octanol–water partition coefficient (Wildman–Crippen LogP) is 0.243. The van der Waals surface area contributed by atoms with Gasteiger partial charge in [0.1, 0.15) is 0 Å². The number of nitrogens with zero attached hydrogens (tertiary/aromatic N) is 1. The Balaban J connectivity index is 0. The van der Waals surface area contributed by atoms with Crippen molar-refractivity contribution in [2.45, 2.75) is 5.23 Å². The predicted molar refractivity (Wildman–Crippen MR) is 43.1 cm³/mol. The zero-order valence-electron chi connectivity index (χ0n) is 5.89. The van der Waals surface area contributed by atoms with Gasteiger partial charge in [0.15, 0.2) is 0 Å². The maximum atomic E-state index is 3.23. The van der Waals surface area contributed by atoms with Crippen molar-refractivity contribution in [1.82, 2.24) is 14.0 Å². The SMILES string of the molecule is Cl.Cl.[CH3][Ti][N]1CNCNC1. The Morgan fingerprint density at radius 2 is 1.70 bits per heavy atom. The molecule has 0 bridgehead atoms. The van der Waals surface area contributed by atoms with E-state index in [4.69, 9.17) is 0 Å². The van der Waals surface area contributed by atoms with Gasteiger partial charge in [0, 0.05) is 0 Å². The molecule has 10 heavy (non-hydrogen) atoms. The van der Waals surface area contributed by atoms with Crippen molar-refractivity contribution in [2.24, 2.45) is 0 Å². The molecule has 0 unspecified atom stereocenters. The number of rotatable bonds is 1. The molecule has 1 rings (SSSR count). The number of halogens is 2. The van der Waals surface area contributed by atoms with E-state index in [1.165, 1.54) is 0 Å². The number of hydrogen-bond acceptors (Lipinski definition) is 3. The van der Waals surface area contributed by atoms with E-state index in [9.17, 15) is 0 Å². The molecule has 1 saturated heterocycles. The summed E-state index contributed by atoms with van der Waals surface area (Å²) in [5.41, 5.74) is 0. The Morgan fingerprint density at radius 3 is 2.00 bits per heavy atom. The summed E-state index contributed by atoms with van der Waals surface area (Å²) in [6, 6.07) is 0. The van der Waals surface area contributed by atoms with Crippen molar-refractivity contribution in [3.05, 3.63) is 0 Å². The zero-order valence-corrected chi connectivity index (χ0v) is 9.08. The van der Waals surface area contributed by atoms with Crippen LogP contribution in [0.15, 0.2) is 0 Å². The fourth-order valence-corrected chi connectivity index (χ4v) is 1.53. The molecular formula is C4H13Cl2N3Ti. The van der Waals surface area contributed by atoms with Crippen LogP contribution in [0.1, 0.15) is 0 Å². The fraction of sp³-hybridized carbons (Fsp3) is 1.00. The summed E-state index contributed by atoms with van der Waals surface area (Å²) in [5, 5.41) is 8.75. The van der Waals surface area contributed by atoms with Crippen LogP contribution < -0.4 is 10.6 Å². The molecule has 0 aliphatic carbocycles. The molecule has 3 nitrogen and oxygen atoms in total. The third kappa shape index (κ3) is 4.91. The maximum absolute atomic E-state index is 3.23. The number of nitrogens with one attached hydrogen (secondary N) is 2. The van der Waals surface area contributed by atoms with Crippen molar-refractivity contribution < 1.29 is 19.4 Å². The molecule has 0 atom stereocenters. The Morgan fingerprint density at radius 1 is 1.20 bits per heavy atom. The third-order valence-electron chi connectivity index (χ3n) is 1.17. The number of hydrogen-bond donors (Lipinski definition) is 2. The van der Waals surface area contributed by atoms with Crippen LogP contribution in [0.2, 0.25) is 5.23 Å². The topological polar surface area (TPSA) is 27.3 Å². The monoisotopic (exact) mass is 221 g/mol. The summed E-state index contributed by atoms with van der Waals surface area (Å²) in [5.74, 6) is 0. The first kappa shape index (κ1) is 13.7. The summed E-state index contributed by atoms with van der Waals surface area (Å²) in [4.78, 5) is 0. The molecule has 0 spiro atoms. The van der Waals surface area contributed by atoms with E-state index < -0.39 is 0 Å². The molecule has 0 amide bonds. The first-order valence-electron chi connectivity index (χ1n) is 2.77. The molecule has 0 saturated carbocycles. The van der Waals surface area contributed by atoms with Crippen LogP contribution in [0.5, 0.6) is 0 Å². The van der Waals surface area contributed by atoms with Gasteiger partial charge in [0.05, 0.1) is 0 Å². The van der Waals surface area contributed by atoms with Gasteiger partial charge in [-0.3, -0.25) is 0 Å². The first-order valence-corrected chi connectivity index (χ1v) is 5.03. The molecule has 1 aliphatic heterocycles. The van der Waals surface area contributed by atoms with Gasteiger partial charge in [-0.15, -0.1) is 24.8 Å². The van der Waals surface area contributed by atoms with Gasteiger partial charge >= 0.3 is 58.7 Å². The quantitative estimate of drug-likeness (QED) is 0.622. The van der Waals surface area contributed by atoms with Gasteiger partial charge in [0.25, 0.3) is 0 Å². The zero-order chi connectivity index (χ0) is 5.82. The van der Waals surface area contributed by atoms with Crippen molar-refractivity contribution >= 4 is 24.8 Å². The molecule has 6 heteroatoms. The average Bonchev–Trinajstić information content (AvgIpc) is 1.90. The van der Waals surface area contributed by atoms with E-state index in [0.717, 1.165) is 20.0 Å². The van der Waals surface area contributed by atoms with Gasteiger partial charge in [-0.05, 0) is 0 Å². The molecule has 62 valence electrons. The Bertz CT molecular complexity index is 69.5. The Hall–Kier alpha value is 1.17. The second kappa shape index (κ2) is 8.27. The van der Waals surface area contributed by atoms with Crippen LogP contribution >= 0.6 is 24.8 Å². The normalized spacial score (nSPS) is 18.5. The summed E-state index contributed by atoms with van der Waals surface area (Å²) < 4.78 is 2.42. The molecule has 0 radical (unpaired) electrons. The van der Waals surface area contributed by atoms with E-state index in [-0.39, 0.29) is 44.2 Å². The molecule has 2 N–H and O–H groups in total. The summed E-state index contributed by atoms with van der Waals surface area (Å²) >= 11 is 0.181. The summed E-state index contributed by atoms with van der Waals surface area (Å²) in [6.45, 7) is 3.15. The van der Waals surface area contributed by atoms with Crippen LogP contribution in [-0.4, -0.2) is 23.4 Å². The van der Waals surface area contributed by atoms with E-state index >= 15 is 0 Å². The van der Waals surface area contributed by atoms with E-state index in [2.05, 4.69) is 19.2 Å². The molecule has 1 heterocycles. The average molecular weight is 222 g/mol. The van der Waals surface area contributed by atoms with Crippen LogP contribution in [-0.2, 0) is 19.4 Å². The molecule has 1 aliphatic rings. The first-order chi connectivity index (χ1) is 3.93. The van der Waals surface area contributed by atoms with E-state index in [1.54, 1.807) is 0 Å². The Kier molecular flexibility index (Phi) is 11.4. The van der Waals surface area contributed by atoms with Crippen LogP contribution in [0.3, 0.4) is 0 Å². The van der Waals surface area contributed by atoms with Gasteiger partial charge in [-0.25, -0.2) is 0 Å². The van der Waals surface area contributed by atoms with Crippen molar-refractivity contribution in [1.29, 1.82) is 0 Å². The van der Waals surface area contributed by atoms with Gasteiger partial charge < -0.3 is 0 Å². The van der Waals surface area contributed by atoms with Crippen molar-refractivity contribution in [2.75, 3.05) is 20.0 Å². The molecular weight excluding hydrogens is 209 g/mol. The summed E-state index contributed by atoms with van der Waals surface area (Å²) in [6.07, 6.45) is 0. The van der Waals surface area contributed by atoms with Crippen LogP contribution in [0.25, 0.3) is 0 Å². The standard InChI is InChI=1S/C3H8N3.CH3.2ClH.Ti/c1-4-2-6-3-5-1;;;;/h4-5H,1-3H2;1H3;2*1H;/q-1;;;;+1. The minimum atomic E-state index is 0. The van der Waals surface area contributed by atoms with Gasteiger partial charge in [0.2, 0.25) is 0 Å². The van der Waals surface area contributed by atoms with E-state index in [1.807, 2.05) is 0 Å². The molecule has 0 aromatic rings. The molecule has 0 aromatic heterocycles. The van der Waals surface area contributed by atoms with Gasteiger partial charge in [-0.1, -0.05) is 0 Å². The molecule has 1 fully saturated rings. The van der Waals surface area contributed by atoms with Crippen LogP contribution in [0.4, 0.5) is 0 Å². The van der Waals surface area contributed by atoms with E-state index in [0.29, 0.717) is 0 Å². The molecule has 0 aromatic carbocycles. The third-order valence-corrected chi connectivity index (χ3v) is 2.65. The second-order valence-electron chi connectivity index (χ2n) is 1.76. The second-order valence-corrected chi connectivity index (χ2v) is 3.44. The fourth-order valence-electron chi connectivity index (χ4n) is 0.684. The van der Waals surface area contributed by atoms with Crippen LogP contribution in [0, 0.1) is 0 Å². The summed E-state index contributed by atoms with van der Waals surface area (Å²) in [7, 11) is 0. The van der Waals surface area contributed by atoms with Crippen molar-refractivity contribution in [3.63, 3.8) is 0 Å². The van der Waals surface area contributed by atoms with Gasteiger partial charge in [-0.2, -0.15) is 0 Å². The van der Waals surface area contributed by atoms with Crippen molar-refractivity contribution in [3.8, 4) is 0 Å². The minimum absolute atomic E-state index is 0. The Labute approximate surface area is 83.4 Å².